The summed E-state index contributed by atoms with van der Waals surface area (Å²) in [6, 6.07) is 24.8. The van der Waals surface area contributed by atoms with Gasteiger partial charge in [0, 0.05) is 11.5 Å². The monoisotopic (exact) mass is 495 g/mol. The highest BCUT2D eigenvalue weighted by Gasteiger charge is 2.40. The van der Waals surface area contributed by atoms with Gasteiger partial charge in [0.2, 0.25) is 0 Å². The van der Waals surface area contributed by atoms with Gasteiger partial charge in [0.15, 0.2) is 6.29 Å². The number of amides is 1. The van der Waals surface area contributed by atoms with Crippen LogP contribution in [0.2, 0.25) is 0 Å². The summed E-state index contributed by atoms with van der Waals surface area (Å²) in [5.74, 6) is 0.0432. The van der Waals surface area contributed by atoms with E-state index in [-0.39, 0.29) is 30.4 Å². The lowest BCUT2D eigenvalue weighted by Crippen LogP contribution is -2.56. The normalized spacial score (nSPS) is 22.9. The number of rotatable bonds is 4. The molecule has 6 heteroatoms. The van der Waals surface area contributed by atoms with Crippen LogP contribution >= 0.6 is 0 Å². The molecule has 37 heavy (non-hydrogen) atoms. The highest BCUT2D eigenvalue weighted by atomic mass is 16.7. The molecule has 3 heterocycles. The Morgan fingerprint density at radius 3 is 2.11 bits per heavy atom. The largest absolute Gasteiger partial charge is 0.448 e. The van der Waals surface area contributed by atoms with E-state index in [0.29, 0.717) is 39.5 Å². The summed E-state index contributed by atoms with van der Waals surface area (Å²) >= 11 is 0. The van der Waals surface area contributed by atoms with Gasteiger partial charge >= 0.3 is 6.09 Å². The van der Waals surface area contributed by atoms with Gasteiger partial charge in [-0.25, -0.2) is 4.79 Å². The minimum absolute atomic E-state index is 0.0432. The lowest BCUT2D eigenvalue weighted by atomic mass is 9.87. The van der Waals surface area contributed by atoms with E-state index in [1.54, 1.807) is 0 Å². The van der Waals surface area contributed by atoms with Crippen molar-refractivity contribution in [3.05, 3.63) is 101 Å². The predicted octanol–water partition coefficient (Wildman–Crippen LogP) is 5.54. The zero-order valence-electron chi connectivity index (χ0n) is 20.5. The van der Waals surface area contributed by atoms with Gasteiger partial charge in [-0.05, 0) is 39.8 Å². The number of carbonyl (C=O) groups is 1. The molecular weight excluding hydrogens is 466 g/mol. The van der Waals surface area contributed by atoms with E-state index >= 15 is 0 Å². The fourth-order valence-corrected chi connectivity index (χ4v) is 6.28. The van der Waals surface area contributed by atoms with Gasteiger partial charge in [-0.1, -0.05) is 78.9 Å². The molecule has 6 nitrogen and oxygen atoms in total. The first kappa shape index (κ1) is 22.7. The first-order valence-corrected chi connectivity index (χ1v) is 13.0. The number of benzene rings is 3. The SMILES string of the molecule is O=C(OCC1c2ccccc2-c2ccccc21)N1C2C=C(c3ccccc3C3OCCO3)CC1COC2. The lowest BCUT2D eigenvalue weighted by Gasteiger charge is -2.44. The third-order valence-corrected chi connectivity index (χ3v) is 7.93. The van der Waals surface area contributed by atoms with Crippen molar-refractivity contribution in [3.8, 4) is 11.1 Å². The first-order chi connectivity index (χ1) is 18.3. The molecule has 2 saturated heterocycles. The van der Waals surface area contributed by atoms with Crippen LogP contribution in [0, 0.1) is 0 Å². The standard InChI is InChI=1S/C31H29NO5/c33-31(37-19-29-26-10-4-2-8-24(26)25-9-3-5-11-27(25)29)32-21-15-20(16-22(32)18-34-17-21)23-7-1-6-12-28(23)30-35-13-14-36-30/h1-12,15,21-22,29-30H,13-14,16-19H2. The van der Waals surface area contributed by atoms with Crippen LogP contribution in [0.3, 0.4) is 0 Å². The number of carbonyl (C=O) groups excluding carboxylic acids is 1. The van der Waals surface area contributed by atoms with E-state index in [2.05, 4.69) is 66.7 Å². The molecule has 188 valence electrons. The Morgan fingerprint density at radius 1 is 0.811 bits per heavy atom. The molecule has 2 atom stereocenters. The summed E-state index contributed by atoms with van der Waals surface area (Å²) < 4.78 is 23.5. The fourth-order valence-electron chi connectivity index (χ4n) is 6.28. The number of hydrogen-bond donors (Lipinski definition) is 0. The fraction of sp³-hybridized carbons (Fsp3) is 0.323. The number of fused-ring (bicyclic) bond motifs is 5. The molecule has 3 aliphatic heterocycles. The van der Waals surface area contributed by atoms with Gasteiger partial charge in [0.05, 0.1) is 38.5 Å². The van der Waals surface area contributed by atoms with Crippen molar-refractivity contribution in [1.29, 1.82) is 0 Å². The summed E-state index contributed by atoms with van der Waals surface area (Å²) in [6.07, 6.45) is 2.24. The number of morpholine rings is 1. The quantitative estimate of drug-likeness (QED) is 0.476. The molecule has 1 amide bonds. The zero-order chi connectivity index (χ0) is 24.8. The molecule has 4 aliphatic rings. The van der Waals surface area contributed by atoms with Crippen molar-refractivity contribution in [2.75, 3.05) is 33.0 Å². The van der Waals surface area contributed by atoms with Crippen LogP contribution in [0.15, 0.2) is 78.9 Å². The van der Waals surface area contributed by atoms with E-state index in [1.807, 2.05) is 17.0 Å². The van der Waals surface area contributed by atoms with Crippen LogP contribution in [-0.2, 0) is 18.9 Å². The van der Waals surface area contributed by atoms with Crippen molar-refractivity contribution >= 4 is 11.7 Å². The molecule has 3 aromatic rings. The number of hydrogen-bond acceptors (Lipinski definition) is 5. The second kappa shape index (κ2) is 9.45. The Morgan fingerprint density at radius 2 is 1.43 bits per heavy atom. The van der Waals surface area contributed by atoms with Crippen molar-refractivity contribution in [2.24, 2.45) is 0 Å². The van der Waals surface area contributed by atoms with Gasteiger partial charge < -0.3 is 18.9 Å². The highest BCUT2D eigenvalue weighted by Crippen LogP contribution is 2.45. The highest BCUT2D eigenvalue weighted by molar-refractivity contribution is 5.79. The molecule has 3 aromatic carbocycles. The molecule has 0 spiro atoms. The van der Waals surface area contributed by atoms with E-state index in [4.69, 9.17) is 18.9 Å². The maximum atomic E-state index is 13.5. The summed E-state index contributed by atoms with van der Waals surface area (Å²) in [4.78, 5) is 15.4. The maximum Gasteiger partial charge on any atom is 0.410 e. The molecule has 2 unspecified atom stereocenters. The van der Waals surface area contributed by atoms with E-state index in [0.717, 1.165) is 11.1 Å². The minimum atomic E-state index is -0.339. The molecule has 7 rings (SSSR count). The van der Waals surface area contributed by atoms with E-state index in [1.165, 1.54) is 27.8 Å². The van der Waals surface area contributed by atoms with Gasteiger partial charge in [0.1, 0.15) is 6.61 Å². The molecule has 0 N–H and O–H groups in total. The van der Waals surface area contributed by atoms with Crippen LogP contribution in [0.1, 0.15) is 40.9 Å². The Kier molecular flexibility index (Phi) is 5.80. The Labute approximate surface area is 216 Å². The zero-order valence-corrected chi connectivity index (χ0v) is 20.5. The molecule has 0 radical (unpaired) electrons. The van der Waals surface area contributed by atoms with Crippen molar-refractivity contribution in [1.82, 2.24) is 4.90 Å². The van der Waals surface area contributed by atoms with Gasteiger partial charge in [0.25, 0.3) is 0 Å². The van der Waals surface area contributed by atoms with Gasteiger partial charge in [-0.15, -0.1) is 0 Å². The predicted molar refractivity (Wildman–Crippen MR) is 139 cm³/mol. The second-order valence-electron chi connectivity index (χ2n) is 10.0. The summed E-state index contributed by atoms with van der Waals surface area (Å²) in [6.45, 7) is 2.48. The summed E-state index contributed by atoms with van der Waals surface area (Å²) in [5, 5.41) is 0. The number of ether oxygens (including phenoxy) is 4. The molecule has 0 aromatic heterocycles. The molecule has 2 bridgehead atoms. The van der Waals surface area contributed by atoms with Crippen molar-refractivity contribution in [3.63, 3.8) is 0 Å². The number of nitrogens with zero attached hydrogens (tertiary/aromatic N) is 1. The third-order valence-electron chi connectivity index (χ3n) is 7.93. The van der Waals surface area contributed by atoms with Crippen LogP contribution in [0.4, 0.5) is 4.79 Å². The third kappa shape index (κ3) is 3.96. The van der Waals surface area contributed by atoms with E-state index in [9.17, 15) is 4.79 Å². The van der Waals surface area contributed by atoms with Crippen LogP contribution in [0.5, 0.6) is 0 Å². The second-order valence-corrected chi connectivity index (χ2v) is 10.0. The summed E-state index contributed by atoms with van der Waals surface area (Å²) in [7, 11) is 0. The molecular formula is C31H29NO5. The molecule has 2 fully saturated rings. The topological polar surface area (TPSA) is 57.2 Å². The smallest absolute Gasteiger partial charge is 0.410 e. The lowest BCUT2D eigenvalue weighted by molar-refractivity contribution is -0.0446. The molecule has 0 saturated carbocycles. The maximum absolute atomic E-state index is 13.5. The van der Waals surface area contributed by atoms with Gasteiger partial charge in [-0.3, -0.25) is 4.90 Å². The Bertz CT molecular complexity index is 1320. The van der Waals surface area contributed by atoms with Crippen LogP contribution in [-0.4, -0.2) is 56.1 Å². The van der Waals surface area contributed by atoms with Crippen molar-refractivity contribution < 1.29 is 23.7 Å². The van der Waals surface area contributed by atoms with Crippen molar-refractivity contribution in [2.45, 2.75) is 30.7 Å². The Hall–Kier alpha value is -3.45. The van der Waals surface area contributed by atoms with Crippen LogP contribution < -0.4 is 0 Å². The van der Waals surface area contributed by atoms with Crippen LogP contribution in [0.25, 0.3) is 16.7 Å². The minimum Gasteiger partial charge on any atom is -0.448 e. The average molecular weight is 496 g/mol. The first-order valence-electron chi connectivity index (χ1n) is 13.0. The summed E-state index contributed by atoms with van der Waals surface area (Å²) in [5.41, 5.74) is 8.25. The molecule has 1 aliphatic carbocycles. The average Bonchev–Trinajstić information content (AvgIpc) is 3.58. The van der Waals surface area contributed by atoms with Gasteiger partial charge in [-0.2, -0.15) is 0 Å². The Balaban J connectivity index is 1.12. The van der Waals surface area contributed by atoms with E-state index < -0.39 is 0 Å².